The van der Waals surface area contributed by atoms with Gasteiger partial charge in [0.2, 0.25) is 0 Å². The van der Waals surface area contributed by atoms with Crippen LogP contribution in [0.25, 0.3) is 0 Å². The minimum Gasteiger partial charge on any atom is -0.476 e. The second-order valence-electron chi connectivity index (χ2n) is 4.22. The molecule has 0 saturated heterocycles. The minimum atomic E-state index is -0.993. The van der Waals surface area contributed by atoms with E-state index in [1.807, 2.05) is 11.4 Å². The normalized spacial score (nSPS) is 12.6. The van der Waals surface area contributed by atoms with Gasteiger partial charge in [-0.05, 0) is 17.4 Å². The standard InChI is InChI=1S/C12H14N2O2S2/c1-7(2)9(8-4-3-5-17-8)14-11-10(12(15)16)13-6-18-11/h3-7,9,14H,1-2H3,(H,15,16). The van der Waals surface area contributed by atoms with Crippen molar-refractivity contribution in [3.63, 3.8) is 0 Å². The summed E-state index contributed by atoms with van der Waals surface area (Å²) < 4.78 is 0. The number of nitrogens with zero attached hydrogens (tertiary/aromatic N) is 1. The Morgan fingerprint density at radius 2 is 2.22 bits per heavy atom. The van der Waals surface area contributed by atoms with Gasteiger partial charge in [0.1, 0.15) is 5.00 Å². The predicted octanol–water partition coefficient (Wildman–Crippen LogP) is 3.71. The Bertz CT molecular complexity index is 520. The number of nitrogens with one attached hydrogen (secondary N) is 1. The summed E-state index contributed by atoms with van der Waals surface area (Å²) in [5.41, 5.74) is 1.65. The van der Waals surface area contributed by atoms with Crippen LogP contribution in [0.5, 0.6) is 0 Å². The number of aromatic carboxylic acids is 1. The van der Waals surface area contributed by atoms with Crippen molar-refractivity contribution in [3.8, 4) is 0 Å². The SMILES string of the molecule is CC(C)C(Nc1scnc1C(=O)O)c1cccs1. The van der Waals surface area contributed by atoms with Gasteiger partial charge in [0, 0.05) is 4.88 Å². The van der Waals surface area contributed by atoms with Gasteiger partial charge >= 0.3 is 5.97 Å². The number of thiophene rings is 1. The number of carboxylic acid groups (broad SMARTS) is 1. The smallest absolute Gasteiger partial charge is 0.357 e. The Hall–Kier alpha value is -1.40. The van der Waals surface area contributed by atoms with Crippen LogP contribution in [0.3, 0.4) is 0 Å². The summed E-state index contributed by atoms with van der Waals surface area (Å²) >= 11 is 2.99. The van der Waals surface area contributed by atoms with Crippen LogP contribution in [0.1, 0.15) is 35.3 Å². The van der Waals surface area contributed by atoms with E-state index in [9.17, 15) is 4.79 Å². The van der Waals surface area contributed by atoms with Crippen LogP contribution in [0, 0.1) is 5.92 Å². The molecule has 0 aliphatic rings. The highest BCUT2D eigenvalue weighted by Crippen LogP contribution is 2.32. The molecule has 0 amide bonds. The number of anilines is 1. The third-order valence-electron chi connectivity index (χ3n) is 2.57. The average Bonchev–Trinajstić information content (AvgIpc) is 2.96. The Kier molecular flexibility index (Phi) is 3.98. The van der Waals surface area contributed by atoms with E-state index in [1.165, 1.54) is 16.2 Å². The van der Waals surface area contributed by atoms with Crippen LogP contribution >= 0.6 is 22.7 Å². The number of rotatable bonds is 5. The lowest BCUT2D eigenvalue weighted by molar-refractivity contribution is 0.0692. The zero-order chi connectivity index (χ0) is 13.1. The van der Waals surface area contributed by atoms with E-state index >= 15 is 0 Å². The third kappa shape index (κ3) is 2.70. The van der Waals surface area contributed by atoms with Gasteiger partial charge in [-0.25, -0.2) is 9.78 Å². The van der Waals surface area contributed by atoms with Crippen molar-refractivity contribution < 1.29 is 9.90 Å². The highest BCUT2D eigenvalue weighted by molar-refractivity contribution is 7.14. The number of hydrogen-bond donors (Lipinski definition) is 2. The zero-order valence-corrected chi connectivity index (χ0v) is 11.7. The van der Waals surface area contributed by atoms with Gasteiger partial charge in [0.15, 0.2) is 5.69 Å². The molecule has 0 fully saturated rings. The molecule has 96 valence electrons. The lowest BCUT2D eigenvalue weighted by Crippen LogP contribution is -2.16. The van der Waals surface area contributed by atoms with Gasteiger partial charge in [0.25, 0.3) is 0 Å². The lowest BCUT2D eigenvalue weighted by Gasteiger charge is -2.21. The number of aromatic nitrogens is 1. The van der Waals surface area contributed by atoms with Crippen molar-refractivity contribution in [3.05, 3.63) is 33.6 Å². The van der Waals surface area contributed by atoms with Crippen molar-refractivity contribution in [1.29, 1.82) is 0 Å². The van der Waals surface area contributed by atoms with E-state index < -0.39 is 5.97 Å². The molecule has 2 heterocycles. The molecular formula is C12H14N2O2S2. The van der Waals surface area contributed by atoms with Crippen LogP contribution in [0.15, 0.2) is 23.0 Å². The number of hydrogen-bond acceptors (Lipinski definition) is 5. The highest BCUT2D eigenvalue weighted by atomic mass is 32.1. The van der Waals surface area contributed by atoms with E-state index in [1.54, 1.807) is 16.8 Å². The fourth-order valence-corrected chi connectivity index (χ4v) is 3.34. The first kappa shape index (κ1) is 13.0. The third-order valence-corrected chi connectivity index (χ3v) is 4.29. The maximum atomic E-state index is 11.0. The first-order valence-corrected chi connectivity index (χ1v) is 7.32. The van der Waals surface area contributed by atoms with Crippen molar-refractivity contribution in [2.45, 2.75) is 19.9 Å². The van der Waals surface area contributed by atoms with Gasteiger partial charge < -0.3 is 10.4 Å². The van der Waals surface area contributed by atoms with Crippen LogP contribution in [-0.4, -0.2) is 16.1 Å². The summed E-state index contributed by atoms with van der Waals surface area (Å²) in [6.45, 7) is 4.22. The predicted molar refractivity (Wildman–Crippen MR) is 74.6 cm³/mol. The second-order valence-corrected chi connectivity index (χ2v) is 6.05. The van der Waals surface area contributed by atoms with Gasteiger partial charge in [-0.3, -0.25) is 0 Å². The van der Waals surface area contributed by atoms with E-state index in [2.05, 4.69) is 30.2 Å². The van der Waals surface area contributed by atoms with E-state index in [4.69, 9.17) is 5.11 Å². The average molecular weight is 282 g/mol. The van der Waals surface area contributed by atoms with Crippen molar-refractivity contribution in [2.75, 3.05) is 5.32 Å². The minimum absolute atomic E-state index is 0.0993. The molecule has 0 aliphatic heterocycles. The van der Waals surface area contributed by atoms with Crippen LogP contribution < -0.4 is 5.32 Å². The Labute approximate surface area is 113 Å². The Morgan fingerprint density at radius 1 is 1.44 bits per heavy atom. The maximum Gasteiger partial charge on any atom is 0.357 e. The number of carboxylic acids is 1. The van der Waals surface area contributed by atoms with E-state index in [0.29, 0.717) is 10.9 Å². The molecule has 0 radical (unpaired) electrons. The van der Waals surface area contributed by atoms with E-state index in [0.717, 1.165) is 0 Å². The maximum absolute atomic E-state index is 11.0. The molecule has 0 aliphatic carbocycles. The summed E-state index contributed by atoms with van der Waals surface area (Å²) in [5.74, 6) is -0.625. The molecule has 0 saturated carbocycles. The molecule has 1 atom stereocenters. The summed E-state index contributed by atoms with van der Waals surface area (Å²) in [6, 6.07) is 4.18. The molecule has 6 heteroatoms. The van der Waals surface area contributed by atoms with Gasteiger partial charge in [0.05, 0.1) is 11.6 Å². The number of thiazole rings is 1. The monoisotopic (exact) mass is 282 g/mol. The molecule has 1 unspecified atom stereocenters. The highest BCUT2D eigenvalue weighted by Gasteiger charge is 2.21. The van der Waals surface area contributed by atoms with Gasteiger partial charge in [-0.15, -0.1) is 22.7 Å². The first-order valence-electron chi connectivity index (χ1n) is 5.56. The van der Waals surface area contributed by atoms with Crippen LogP contribution in [0.2, 0.25) is 0 Å². The van der Waals surface area contributed by atoms with Crippen molar-refractivity contribution in [1.82, 2.24) is 4.98 Å². The molecule has 18 heavy (non-hydrogen) atoms. The Morgan fingerprint density at radius 3 is 2.78 bits per heavy atom. The van der Waals surface area contributed by atoms with Crippen LogP contribution in [-0.2, 0) is 0 Å². The summed E-state index contributed by atoms with van der Waals surface area (Å²) in [6.07, 6.45) is 0. The Balaban J connectivity index is 2.24. The van der Waals surface area contributed by atoms with Crippen LogP contribution in [0.4, 0.5) is 5.00 Å². The second kappa shape index (κ2) is 5.49. The molecule has 2 N–H and O–H groups in total. The van der Waals surface area contributed by atoms with Gasteiger partial charge in [-0.1, -0.05) is 19.9 Å². The zero-order valence-electron chi connectivity index (χ0n) is 10.1. The topological polar surface area (TPSA) is 62.2 Å². The molecule has 0 bridgehead atoms. The summed E-state index contributed by atoms with van der Waals surface area (Å²) in [4.78, 5) is 16.1. The molecule has 0 aromatic carbocycles. The van der Waals surface area contributed by atoms with Crippen molar-refractivity contribution >= 4 is 33.6 Å². The molecule has 2 aromatic rings. The van der Waals surface area contributed by atoms with Crippen molar-refractivity contribution in [2.24, 2.45) is 5.92 Å². The fourth-order valence-electron chi connectivity index (χ4n) is 1.68. The molecule has 2 aromatic heterocycles. The van der Waals surface area contributed by atoms with Gasteiger partial charge in [-0.2, -0.15) is 0 Å². The fraction of sp³-hybridized carbons (Fsp3) is 0.333. The number of carbonyl (C=O) groups is 1. The molecule has 4 nitrogen and oxygen atoms in total. The summed E-state index contributed by atoms with van der Waals surface area (Å²) in [7, 11) is 0. The molecule has 0 spiro atoms. The van der Waals surface area contributed by atoms with E-state index in [-0.39, 0.29) is 11.7 Å². The molecule has 2 rings (SSSR count). The summed E-state index contributed by atoms with van der Waals surface area (Å²) in [5, 5.41) is 15.0. The first-order chi connectivity index (χ1) is 8.59. The quantitative estimate of drug-likeness (QED) is 0.877. The largest absolute Gasteiger partial charge is 0.476 e. The molecular weight excluding hydrogens is 268 g/mol. The lowest BCUT2D eigenvalue weighted by atomic mass is 10.0.